The molecule has 0 aliphatic carbocycles. The molecule has 132 valence electrons. The second kappa shape index (κ2) is 8.34. The second-order valence-corrected chi connectivity index (χ2v) is 7.48. The smallest absolute Gasteiger partial charge is 0.411 e. The molecule has 0 fully saturated rings. The molecule has 4 heteroatoms. The van der Waals surface area contributed by atoms with E-state index in [0.29, 0.717) is 6.54 Å². The largest absolute Gasteiger partial charge is 0.445 e. The van der Waals surface area contributed by atoms with Crippen LogP contribution in [0.3, 0.4) is 0 Å². The number of amides is 1. The van der Waals surface area contributed by atoms with Gasteiger partial charge in [0.25, 0.3) is 0 Å². The molecule has 0 bridgehead atoms. The fourth-order valence-electron chi connectivity index (χ4n) is 2.66. The molecule has 2 rings (SSSR count). The van der Waals surface area contributed by atoms with Gasteiger partial charge in [-0.2, -0.15) is 0 Å². The van der Waals surface area contributed by atoms with E-state index in [0.717, 1.165) is 21.2 Å². The van der Waals surface area contributed by atoms with E-state index in [1.165, 1.54) is 0 Å². The predicted molar refractivity (Wildman–Crippen MR) is 105 cm³/mol. The van der Waals surface area contributed by atoms with Crippen molar-refractivity contribution in [2.24, 2.45) is 0 Å². The minimum Gasteiger partial charge on any atom is -0.445 e. The lowest BCUT2D eigenvalue weighted by Crippen LogP contribution is -2.46. The first-order valence-electron chi connectivity index (χ1n) is 8.20. The van der Waals surface area contributed by atoms with Crippen molar-refractivity contribution in [1.29, 1.82) is 0 Å². The molecule has 3 nitrogen and oxygen atoms in total. The first-order valence-corrected chi connectivity index (χ1v) is 8.99. The number of hydrogen-bond donors (Lipinski definition) is 0. The van der Waals surface area contributed by atoms with Crippen LogP contribution in [0, 0.1) is 0 Å². The molecule has 0 saturated carbocycles. The number of ether oxygens (including phenoxy) is 1. The van der Waals surface area contributed by atoms with E-state index in [-0.39, 0.29) is 12.7 Å². The van der Waals surface area contributed by atoms with Gasteiger partial charge in [0.1, 0.15) is 6.61 Å². The molecule has 2 aromatic rings. The third kappa shape index (κ3) is 4.95. The quantitative estimate of drug-likeness (QED) is 0.563. The summed E-state index contributed by atoms with van der Waals surface area (Å²) in [5, 5.41) is 0. The van der Waals surface area contributed by atoms with Crippen molar-refractivity contribution in [3.05, 3.63) is 82.3 Å². The number of carbonyl (C=O) groups excluding carboxylic acids is 1. The van der Waals surface area contributed by atoms with Crippen LogP contribution in [-0.4, -0.2) is 17.5 Å². The van der Waals surface area contributed by atoms with Crippen LogP contribution in [0.25, 0.3) is 0 Å². The standard InChI is InChI=1S/C21H24BrNO2/c1-16(2)14-23(20(24)25-15-17-10-6-5-7-11-17)21(3,4)18-12-8-9-13-19(18)22/h5-13H,1,14-15H2,2-4H3. The molecule has 0 heterocycles. The van der Waals surface area contributed by atoms with E-state index in [2.05, 4.69) is 22.5 Å². The zero-order valence-corrected chi connectivity index (χ0v) is 16.5. The molecule has 0 atom stereocenters. The first-order chi connectivity index (χ1) is 11.8. The number of benzene rings is 2. The van der Waals surface area contributed by atoms with Gasteiger partial charge in [-0.05, 0) is 38.0 Å². The monoisotopic (exact) mass is 401 g/mol. The first kappa shape index (κ1) is 19.3. The van der Waals surface area contributed by atoms with Crippen molar-refractivity contribution in [3.8, 4) is 0 Å². The second-order valence-electron chi connectivity index (χ2n) is 6.62. The Bertz CT molecular complexity index is 741. The third-order valence-electron chi connectivity index (χ3n) is 4.06. The maximum atomic E-state index is 12.8. The van der Waals surface area contributed by atoms with Gasteiger partial charge in [0.15, 0.2) is 0 Å². The summed E-state index contributed by atoms with van der Waals surface area (Å²) in [5.41, 5.74) is 2.34. The number of carbonyl (C=O) groups is 1. The Hall–Kier alpha value is -2.07. The molecular formula is C21H24BrNO2. The van der Waals surface area contributed by atoms with Gasteiger partial charge < -0.3 is 4.74 Å². The topological polar surface area (TPSA) is 29.5 Å². The number of hydrogen-bond acceptors (Lipinski definition) is 2. The minimum atomic E-state index is -0.549. The van der Waals surface area contributed by atoms with Crippen LogP contribution < -0.4 is 0 Å². The fraction of sp³-hybridized carbons (Fsp3) is 0.286. The summed E-state index contributed by atoms with van der Waals surface area (Å²) in [7, 11) is 0. The van der Waals surface area contributed by atoms with Crippen molar-refractivity contribution < 1.29 is 9.53 Å². The van der Waals surface area contributed by atoms with Crippen molar-refractivity contribution in [2.75, 3.05) is 6.54 Å². The van der Waals surface area contributed by atoms with E-state index < -0.39 is 5.54 Å². The zero-order chi connectivity index (χ0) is 18.4. The van der Waals surface area contributed by atoms with Gasteiger partial charge in [0, 0.05) is 11.0 Å². The number of nitrogens with zero attached hydrogens (tertiary/aromatic N) is 1. The molecule has 0 unspecified atom stereocenters. The van der Waals surface area contributed by atoms with E-state index in [1.54, 1.807) is 4.90 Å². The highest BCUT2D eigenvalue weighted by molar-refractivity contribution is 9.10. The summed E-state index contributed by atoms with van der Waals surface area (Å²) in [6.07, 6.45) is -0.354. The average molecular weight is 402 g/mol. The normalized spacial score (nSPS) is 11.0. The molecule has 0 aromatic heterocycles. The lowest BCUT2D eigenvalue weighted by atomic mass is 9.92. The van der Waals surface area contributed by atoms with E-state index in [9.17, 15) is 4.79 Å². The Balaban J connectivity index is 2.24. The number of halogens is 1. The van der Waals surface area contributed by atoms with Crippen LogP contribution in [0.2, 0.25) is 0 Å². The lowest BCUT2D eigenvalue weighted by molar-refractivity contribution is 0.0606. The lowest BCUT2D eigenvalue weighted by Gasteiger charge is -2.39. The van der Waals surface area contributed by atoms with Crippen molar-refractivity contribution in [2.45, 2.75) is 32.9 Å². The van der Waals surface area contributed by atoms with Gasteiger partial charge in [-0.1, -0.05) is 76.6 Å². The van der Waals surface area contributed by atoms with Gasteiger partial charge in [0.2, 0.25) is 0 Å². The molecule has 0 aliphatic rings. The summed E-state index contributed by atoms with van der Waals surface area (Å²) >= 11 is 3.59. The Kier molecular flexibility index (Phi) is 6.43. The van der Waals surface area contributed by atoms with Crippen molar-refractivity contribution in [3.63, 3.8) is 0 Å². The zero-order valence-electron chi connectivity index (χ0n) is 15.0. The highest BCUT2D eigenvalue weighted by Crippen LogP contribution is 2.34. The van der Waals surface area contributed by atoms with Crippen LogP contribution in [0.1, 0.15) is 31.9 Å². The minimum absolute atomic E-state index is 0.248. The van der Waals surface area contributed by atoms with Crippen molar-refractivity contribution in [1.82, 2.24) is 4.90 Å². The number of rotatable bonds is 6. The maximum absolute atomic E-state index is 12.8. The fourth-order valence-corrected chi connectivity index (χ4v) is 3.43. The summed E-state index contributed by atoms with van der Waals surface area (Å²) in [5.74, 6) is 0. The van der Waals surface area contributed by atoms with Crippen LogP contribution in [0.15, 0.2) is 71.2 Å². The van der Waals surface area contributed by atoms with Crippen LogP contribution in [0.5, 0.6) is 0 Å². The third-order valence-corrected chi connectivity index (χ3v) is 4.75. The van der Waals surface area contributed by atoms with Crippen molar-refractivity contribution >= 4 is 22.0 Å². The molecule has 1 amide bonds. The molecular weight excluding hydrogens is 378 g/mol. The molecule has 25 heavy (non-hydrogen) atoms. The summed E-state index contributed by atoms with van der Waals surface area (Å²) < 4.78 is 6.53. The highest BCUT2D eigenvalue weighted by atomic mass is 79.9. The van der Waals surface area contributed by atoms with Crippen LogP contribution in [0.4, 0.5) is 4.79 Å². The Labute approximate surface area is 158 Å². The van der Waals surface area contributed by atoms with E-state index in [1.807, 2.05) is 75.4 Å². The summed E-state index contributed by atoms with van der Waals surface area (Å²) in [6, 6.07) is 17.6. The van der Waals surface area contributed by atoms with Gasteiger partial charge in [-0.25, -0.2) is 4.79 Å². The molecule has 0 radical (unpaired) electrons. The SMILES string of the molecule is C=C(C)CN(C(=O)OCc1ccccc1)C(C)(C)c1ccccc1Br. The van der Waals surface area contributed by atoms with E-state index in [4.69, 9.17) is 4.74 Å². The maximum Gasteiger partial charge on any atom is 0.411 e. The summed E-state index contributed by atoms with van der Waals surface area (Å²) in [4.78, 5) is 14.6. The molecule has 0 N–H and O–H groups in total. The molecule has 2 aromatic carbocycles. The Morgan fingerprint density at radius 2 is 1.72 bits per heavy atom. The van der Waals surface area contributed by atoms with Gasteiger partial charge in [-0.15, -0.1) is 0 Å². The van der Waals surface area contributed by atoms with Gasteiger partial charge in [-0.3, -0.25) is 4.90 Å². The van der Waals surface area contributed by atoms with Crippen LogP contribution >= 0.6 is 15.9 Å². The Morgan fingerprint density at radius 3 is 2.32 bits per heavy atom. The molecule has 0 saturated heterocycles. The average Bonchev–Trinajstić information content (AvgIpc) is 2.58. The highest BCUT2D eigenvalue weighted by Gasteiger charge is 2.35. The van der Waals surface area contributed by atoms with Gasteiger partial charge >= 0.3 is 6.09 Å². The van der Waals surface area contributed by atoms with Gasteiger partial charge in [0.05, 0.1) is 5.54 Å². The van der Waals surface area contributed by atoms with E-state index >= 15 is 0 Å². The molecule has 0 spiro atoms. The molecule has 0 aliphatic heterocycles. The van der Waals surface area contributed by atoms with Crippen LogP contribution in [-0.2, 0) is 16.9 Å². The predicted octanol–water partition coefficient (Wildman–Crippen LogP) is 5.90. The summed E-state index contributed by atoms with van der Waals surface area (Å²) in [6.45, 7) is 10.6. The Morgan fingerprint density at radius 1 is 1.12 bits per heavy atom.